The smallest absolute Gasteiger partial charge is 0.229 e. The van der Waals surface area contributed by atoms with Gasteiger partial charge in [0.15, 0.2) is 0 Å². The zero-order valence-electron chi connectivity index (χ0n) is 11.5. The third kappa shape index (κ3) is 3.64. The van der Waals surface area contributed by atoms with E-state index >= 15 is 0 Å². The molecule has 4 nitrogen and oxygen atoms in total. The topological polar surface area (TPSA) is 40.6 Å². The molecule has 104 valence electrons. The monoisotopic (exact) mass is 280 g/mol. The SMILES string of the molecule is C[C@H](Cc1cccs1)N(C)CCN1C(=O)CCC1=O. The number of carbonyl (C=O) groups is 2. The number of hydrogen-bond acceptors (Lipinski definition) is 4. The first-order chi connectivity index (χ1) is 9.08. The summed E-state index contributed by atoms with van der Waals surface area (Å²) < 4.78 is 0. The van der Waals surface area contributed by atoms with E-state index in [1.165, 1.54) is 9.78 Å². The number of hydrogen-bond donors (Lipinski definition) is 0. The van der Waals surface area contributed by atoms with Crippen LogP contribution in [0.3, 0.4) is 0 Å². The van der Waals surface area contributed by atoms with E-state index in [4.69, 9.17) is 0 Å². The Bertz CT molecular complexity index is 428. The molecule has 5 heteroatoms. The second-order valence-electron chi connectivity index (χ2n) is 5.05. The Kier molecular flexibility index (Phi) is 4.71. The standard InChI is InChI=1S/C14H20N2O2S/c1-11(10-12-4-3-9-19-12)15(2)7-8-16-13(17)5-6-14(16)18/h3-4,9,11H,5-8,10H2,1-2H3/t11-/m1/s1. The molecule has 1 atom stereocenters. The van der Waals surface area contributed by atoms with E-state index in [1.807, 2.05) is 7.05 Å². The lowest BCUT2D eigenvalue weighted by molar-refractivity contribution is -0.138. The van der Waals surface area contributed by atoms with Crippen molar-refractivity contribution in [1.82, 2.24) is 9.80 Å². The van der Waals surface area contributed by atoms with Gasteiger partial charge in [0, 0.05) is 36.9 Å². The highest BCUT2D eigenvalue weighted by atomic mass is 32.1. The highest BCUT2D eigenvalue weighted by molar-refractivity contribution is 7.09. The Morgan fingerprint density at radius 2 is 2.05 bits per heavy atom. The first-order valence-electron chi connectivity index (χ1n) is 6.63. The highest BCUT2D eigenvalue weighted by Crippen LogP contribution is 2.14. The average molecular weight is 280 g/mol. The van der Waals surface area contributed by atoms with Gasteiger partial charge < -0.3 is 4.90 Å². The van der Waals surface area contributed by atoms with Crippen LogP contribution in [0.25, 0.3) is 0 Å². The maximum absolute atomic E-state index is 11.5. The van der Waals surface area contributed by atoms with Crippen molar-refractivity contribution in [3.05, 3.63) is 22.4 Å². The Balaban J connectivity index is 1.79. The predicted molar refractivity (Wildman–Crippen MR) is 76.1 cm³/mol. The number of imide groups is 1. The molecule has 2 rings (SSSR count). The van der Waals surface area contributed by atoms with Crippen molar-refractivity contribution in [2.75, 3.05) is 20.1 Å². The van der Waals surface area contributed by atoms with Crippen molar-refractivity contribution in [2.24, 2.45) is 0 Å². The molecule has 0 aromatic carbocycles. The lowest BCUT2D eigenvalue weighted by atomic mass is 10.2. The van der Waals surface area contributed by atoms with Gasteiger partial charge in [-0.1, -0.05) is 6.07 Å². The van der Waals surface area contributed by atoms with E-state index in [9.17, 15) is 9.59 Å². The Morgan fingerprint density at radius 3 is 2.63 bits per heavy atom. The van der Waals surface area contributed by atoms with E-state index in [-0.39, 0.29) is 11.8 Å². The third-order valence-corrected chi connectivity index (χ3v) is 4.56. The molecule has 1 aromatic heterocycles. The zero-order valence-corrected chi connectivity index (χ0v) is 12.3. The van der Waals surface area contributed by atoms with Crippen molar-refractivity contribution < 1.29 is 9.59 Å². The molecule has 1 aromatic rings. The van der Waals surface area contributed by atoms with Crippen LogP contribution in [-0.4, -0.2) is 47.8 Å². The minimum atomic E-state index is -0.0238. The number of amides is 2. The summed E-state index contributed by atoms with van der Waals surface area (Å²) in [6.07, 6.45) is 1.77. The van der Waals surface area contributed by atoms with Crippen LogP contribution in [0.15, 0.2) is 17.5 Å². The van der Waals surface area contributed by atoms with Crippen LogP contribution in [0.2, 0.25) is 0 Å². The summed E-state index contributed by atoms with van der Waals surface area (Å²) in [6, 6.07) is 4.61. The first-order valence-corrected chi connectivity index (χ1v) is 7.51. The molecule has 0 unspecified atom stereocenters. The van der Waals surface area contributed by atoms with Gasteiger partial charge in [0.25, 0.3) is 0 Å². The van der Waals surface area contributed by atoms with E-state index in [0.717, 1.165) is 13.0 Å². The van der Waals surface area contributed by atoms with Crippen LogP contribution >= 0.6 is 11.3 Å². The third-order valence-electron chi connectivity index (χ3n) is 3.66. The van der Waals surface area contributed by atoms with Crippen molar-refractivity contribution >= 4 is 23.2 Å². The molecule has 0 radical (unpaired) electrons. The first kappa shape index (κ1) is 14.2. The maximum atomic E-state index is 11.5. The molecule has 0 saturated carbocycles. The minimum absolute atomic E-state index is 0.0238. The molecule has 2 heterocycles. The molecule has 0 aliphatic carbocycles. The molecule has 1 aliphatic heterocycles. The molecular formula is C14H20N2O2S. The van der Waals surface area contributed by atoms with Crippen LogP contribution in [-0.2, 0) is 16.0 Å². The van der Waals surface area contributed by atoms with Crippen LogP contribution in [0.4, 0.5) is 0 Å². The number of thiophene rings is 1. The van der Waals surface area contributed by atoms with Gasteiger partial charge in [0.05, 0.1) is 0 Å². The fraction of sp³-hybridized carbons (Fsp3) is 0.571. The molecule has 2 amide bonds. The second kappa shape index (κ2) is 6.30. The average Bonchev–Trinajstić information content (AvgIpc) is 2.98. The summed E-state index contributed by atoms with van der Waals surface area (Å²) in [7, 11) is 2.04. The van der Waals surface area contributed by atoms with Gasteiger partial charge in [-0.15, -0.1) is 11.3 Å². The summed E-state index contributed by atoms with van der Waals surface area (Å²) in [5, 5.41) is 2.09. The fourth-order valence-corrected chi connectivity index (χ4v) is 3.05. The zero-order chi connectivity index (χ0) is 13.8. The normalized spacial score (nSPS) is 17.5. The maximum Gasteiger partial charge on any atom is 0.229 e. The van der Waals surface area contributed by atoms with E-state index in [2.05, 4.69) is 29.3 Å². The van der Waals surface area contributed by atoms with Crippen molar-refractivity contribution in [3.8, 4) is 0 Å². The number of carbonyl (C=O) groups excluding carboxylic acids is 2. The fourth-order valence-electron chi connectivity index (χ4n) is 2.23. The summed E-state index contributed by atoms with van der Waals surface area (Å²) in [5.74, 6) is -0.0476. The van der Waals surface area contributed by atoms with Gasteiger partial charge in [-0.3, -0.25) is 14.5 Å². The van der Waals surface area contributed by atoms with Crippen LogP contribution < -0.4 is 0 Å². The lowest BCUT2D eigenvalue weighted by Crippen LogP contribution is -2.40. The Hall–Kier alpha value is -1.20. The Morgan fingerprint density at radius 1 is 1.37 bits per heavy atom. The van der Waals surface area contributed by atoms with Gasteiger partial charge in [0.1, 0.15) is 0 Å². The van der Waals surface area contributed by atoms with Crippen molar-refractivity contribution in [2.45, 2.75) is 32.2 Å². The minimum Gasteiger partial charge on any atom is -0.302 e. The van der Waals surface area contributed by atoms with E-state index < -0.39 is 0 Å². The van der Waals surface area contributed by atoms with Gasteiger partial charge in [-0.2, -0.15) is 0 Å². The molecule has 1 fully saturated rings. The predicted octanol–water partition coefficient (Wildman–Crippen LogP) is 1.76. The van der Waals surface area contributed by atoms with Gasteiger partial charge in [-0.25, -0.2) is 0 Å². The number of rotatable bonds is 6. The summed E-state index contributed by atoms with van der Waals surface area (Å²) in [4.78, 5) is 28.0. The summed E-state index contributed by atoms with van der Waals surface area (Å²) in [5.41, 5.74) is 0. The number of likely N-dealkylation sites (tertiary alicyclic amines) is 1. The molecule has 0 N–H and O–H groups in total. The molecule has 1 aliphatic rings. The quantitative estimate of drug-likeness (QED) is 0.746. The summed E-state index contributed by atoms with van der Waals surface area (Å²) >= 11 is 1.77. The molecule has 0 bridgehead atoms. The van der Waals surface area contributed by atoms with E-state index in [0.29, 0.717) is 25.4 Å². The molecule has 1 saturated heterocycles. The number of likely N-dealkylation sites (N-methyl/N-ethyl adjacent to an activating group) is 1. The lowest BCUT2D eigenvalue weighted by Gasteiger charge is -2.26. The molecular weight excluding hydrogens is 260 g/mol. The van der Waals surface area contributed by atoms with Crippen molar-refractivity contribution in [3.63, 3.8) is 0 Å². The highest BCUT2D eigenvalue weighted by Gasteiger charge is 2.28. The van der Waals surface area contributed by atoms with Crippen molar-refractivity contribution in [1.29, 1.82) is 0 Å². The van der Waals surface area contributed by atoms with E-state index in [1.54, 1.807) is 11.3 Å². The molecule has 0 spiro atoms. The molecule has 19 heavy (non-hydrogen) atoms. The van der Waals surface area contributed by atoms with Gasteiger partial charge in [0.2, 0.25) is 11.8 Å². The van der Waals surface area contributed by atoms with Crippen LogP contribution in [0.5, 0.6) is 0 Å². The van der Waals surface area contributed by atoms with Crippen LogP contribution in [0, 0.1) is 0 Å². The Labute approximate surface area is 118 Å². The summed E-state index contributed by atoms with van der Waals surface area (Å²) in [6.45, 7) is 3.43. The van der Waals surface area contributed by atoms with Crippen LogP contribution in [0.1, 0.15) is 24.6 Å². The van der Waals surface area contributed by atoms with Gasteiger partial charge >= 0.3 is 0 Å². The van der Waals surface area contributed by atoms with Gasteiger partial charge in [-0.05, 0) is 31.8 Å². The largest absolute Gasteiger partial charge is 0.302 e. The second-order valence-corrected chi connectivity index (χ2v) is 6.08. The number of nitrogens with zero attached hydrogens (tertiary/aromatic N) is 2.